The third-order valence-electron chi connectivity index (χ3n) is 7.80. The van der Waals surface area contributed by atoms with Gasteiger partial charge in [0.15, 0.2) is 6.10 Å². The molecular weight excluding hydrogens is 561 g/mol. The van der Waals surface area contributed by atoms with E-state index < -0.39 is 17.7 Å². The number of aryl methyl sites for hydroxylation is 1. The zero-order valence-corrected chi connectivity index (χ0v) is 26.8. The first-order valence-electron chi connectivity index (χ1n) is 15.1. The molecule has 0 spiro atoms. The zero-order chi connectivity index (χ0) is 32.2. The van der Waals surface area contributed by atoms with Crippen LogP contribution < -0.4 is 15.0 Å². The number of piperidine rings is 1. The molecule has 2 heterocycles. The van der Waals surface area contributed by atoms with Gasteiger partial charge in [0.2, 0.25) is 5.91 Å². The number of halogens is 1. The van der Waals surface area contributed by atoms with Crippen LogP contribution in [-0.4, -0.2) is 47.3 Å². The Hall–Kier alpha value is -3.98. The van der Waals surface area contributed by atoms with Crippen LogP contribution in [-0.2, 0) is 20.7 Å². The number of carbonyl (C=O) groups excluding carboxylic acids is 1. The zero-order valence-electron chi connectivity index (χ0n) is 26.8. The van der Waals surface area contributed by atoms with Crippen LogP contribution in [0.25, 0.3) is 11.1 Å². The summed E-state index contributed by atoms with van der Waals surface area (Å²) in [4.78, 5) is 32.1. The maximum Gasteiger partial charge on any atom is 0.337 e. The van der Waals surface area contributed by atoms with E-state index in [0.29, 0.717) is 60.2 Å². The number of benzene rings is 2. The van der Waals surface area contributed by atoms with Crippen molar-refractivity contribution in [3.63, 3.8) is 0 Å². The van der Waals surface area contributed by atoms with Crippen LogP contribution in [0, 0.1) is 18.2 Å². The van der Waals surface area contributed by atoms with Gasteiger partial charge in [0.25, 0.3) is 0 Å². The highest BCUT2D eigenvalue weighted by Gasteiger charge is 2.37. The molecule has 1 fully saturated rings. The van der Waals surface area contributed by atoms with E-state index in [1.54, 1.807) is 19.1 Å². The Morgan fingerprint density at radius 2 is 1.68 bits per heavy atom. The highest BCUT2D eigenvalue weighted by Crippen LogP contribution is 2.46. The van der Waals surface area contributed by atoms with E-state index in [-0.39, 0.29) is 17.1 Å². The minimum absolute atomic E-state index is 0.153. The summed E-state index contributed by atoms with van der Waals surface area (Å²) in [6.45, 7) is 15.0. The number of carboxylic acids is 1. The fourth-order valence-electron chi connectivity index (χ4n) is 5.45. The minimum atomic E-state index is -1.27. The number of nitrogens with zero attached hydrogens (tertiary/aromatic N) is 2. The number of hydrogen-bond donors (Lipinski definition) is 2. The standard InChI is InChI=1S/C35H44FN3O5/c1-22-28(31(33(41)42)44-34(3,4)5)30(39-19-17-35(6,7)18-20-39)29(32(37-22)38-23(2)40)25-10-14-27(15-11-25)43-21-16-24-8-12-26(36)13-9-24/h8-15,31H,16-21H2,1-7H3,(H,41,42)(H,37,38,40)/t31-/m0/s1. The molecule has 1 aliphatic heterocycles. The maximum absolute atomic E-state index is 13.2. The van der Waals surface area contributed by atoms with Crippen molar-refractivity contribution in [2.24, 2.45) is 5.41 Å². The number of anilines is 2. The summed E-state index contributed by atoms with van der Waals surface area (Å²) in [7, 11) is 0. The average molecular weight is 606 g/mol. The van der Waals surface area contributed by atoms with Crippen molar-refractivity contribution < 1.29 is 28.6 Å². The second-order valence-electron chi connectivity index (χ2n) is 13.2. The van der Waals surface area contributed by atoms with Crippen LogP contribution in [0.1, 0.15) is 77.3 Å². The van der Waals surface area contributed by atoms with E-state index in [9.17, 15) is 19.1 Å². The molecule has 9 heteroatoms. The molecule has 8 nitrogen and oxygen atoms in total. The first kappa shape index (κ1) is 32.9. The van der Waals surface area contributed by atoms with Crippen molar-refractivity contribution in [1.82, 2.24) is 4.98 Å². The van der Waals surface area contributed by atoms with Crippen molar-refractivity contribution in [1.29, 1.82) is 0 Å². The van der Waals surface area contributed by atoms with Crippen LogP contribution in [0.4, 0.5) is 15.9 Å². The van der Waals surface area contributed by atoms with Gasteiger partial charge < -0.3 is 24.8 Å². The monoisotopic (exact) mass is 605 g/mol. The lowest BCUT2D eigenvalue weighted by atomic mass is 9.82. The maximum atomic E-state index is 13.2. The van der Waals surface area contributed by atoms with E-state index in [1.807, 2.05) is 45.0 Å². The predicted molar refractivity (Wildman–Crippen MR) is 171 cm³/mol. The molecule has 4 rings (SSSR count). The molecule has 1 atom stereocenters. The van der Waals surface area contributed by atoms with Crippen LogP contribution in [0.5, 0.6) is 5.75 Å². The number of hydrogen-bond acceptors (Lipinski definition) is 6. The summed E-state index contributed by atoms with van der Waals surface area (Å²) >= 11 is 0. The number of carbonyl (C=O) groups is 2. The highest BCUT2D eigenvalue weighted by molar-refractivity contribution is 5.98. The number of carboxylic acid groups (broad SMARTS) is 1. The third-order valence-corrected chi connectivity index (χ3v) is 7.80. The third kappa shape index (κ3) is 8.34. The number of amides is 1. The lowest BCUT2D eigenvalue weighted by Gasteiger charge is -2.41. The Labute approximate surface area is 259 Å². The number of aromatic nitrogens is 1. The molecule has 3 aromatic rings. The highest BCUT2D eigenvalue weighted by atomic mass is 19.1. The molecule has 0 aliphatic carbocycles. The molecule has 1 aliphatic rings. The lowest BCUT2D eigenvalue weighted by Crippen LogP contribution is -2.39. The van der Waals surface area contributed by atoms with Gasteiger partial charge in [0.05, 0.1) is 17.9 Å². The van der Waals surface area contributed by atoms with Gasteiger partial charge in [-0.15, -0.1) is 0 Å². The topological polar surface area (TPSA) is 101 Å². The van der Waals surface area contributed by atoms with Gasteiger partial charge in [-0.1, -0.05) is 38.1 Å². The van der Waals surface area contributed by atoms with Crippen LogP contribution in [0.15, 0.2) is 48.5 Å². The Kier molecular flexibility index (Phi) is 9.98. The van der Waals surface area contributed by atoms with Crippen LogP contribution in [0.3, 0.4) is 0 Å². The van der Waals surface area contributed by atoms with Gasteiger partial charge >= 0.3 is 5.97 Å². The van der Waals surface area contributed by atoms with Crippen molar-refractivity contribution in [2.75, 3.05) is 29.9 Å². The molecule has 44 heavy (non-hydrogen) atoms. The fourth-order valence-corrected chi connectivity index (χ4v) is 5.45. The Morgan fingerprint density at radius 3 is 2.23 bits per heavy atom. The van der Waals surface area contributed by atoms with E-state index >= 15 is 0 Å². The van der Waals surface area contributed by atoms with E-state index in [1.165, 1.54) is 19.1 Å². The Balaban J connectivity index is 1.80. The summed E-state index contributed by atoms with van der Waals surface area (Å²) in [6, 6.07) is 13.8. The molecule has 0 unspecified atom stereocenters. The summed E-state index contributed by atoms with van der Waals surface area (Å²) < 4.78 is 25.4. The second kappa shape index (κ2) is 13.3. The van der Waals surface area contributed by atoms with Crippen molar-refractivity contribution >= 4 is 23.4 Å². The molecule has 236 valence electrons. The van der Waals surface area contributed by atoms with Gasteiger partial charge in [0.1, 0.15) is 17.4 Å². The SMILES string of the molecule is CC(=O)Nc1nc(C)c([C@H](OC(C)(C)C)C(=O)O)c(N2CCC(C)(C)CC2)c1-c1ccc(OCCc2ccc(F)cc2)cc1. The van der Waals surface area contributed by atoms with Crippen LogP contribution >= 0.6 is 0 Å². The van der Waals surface area contributed by atoms with Crippen LogP contribution in [0.2, 0.25) is 0 Å². The number of rotatable bonds is 10. The number of ether oxygens (including phenoxy) is 2. The van der Waals surface area contributed by atoms with Gasteiger partial charge in [-0.2, -0.15) is 0 Å². The van der Waals surface area contributed by atoms with E-state index in [2.05, 4.69) is 24.1 Å². The number of aliphatic carboxylic acids is 1. The molecule has 1 aromatic heterocycles. The summed E-state index contributed by atoms with van der Waals surface area (Å²) in [5.74, 6) is -0.643. The normalized spacial score (nSPS) is 15.5. The van der Waals surface area contributed by atoms with E-state index in [0.717, 1.165) is 24.0 Å². The van der Waals surface area contributed by atoms with Gasteiger partial charge in [-0.3, -0.25) is 4.79 Å². The molecule has 2 aromatic carbocycles. The number of nitrogens with one attached hydrogen (secondary N) is 1. The molecule has 0 radical (unpaired) electrons. The molecular formula is C35H44FN3O5. The minimum Gasteiger partial charge on any atom is -0.493 e. The van der Waals surface area contributed by atoms with Gasteiger partial charge in [-0.05, 0) is 81.3 Å². The van der Waals surface area contributed by atoms with Crippen molar-refractivity contribution in [2.45, 2.75) is 79.4 Å². The summed E-state index contributed by atoms with van der Waals surface area (Å²) in [5, 5.41) is 13.3. The van der Waals surface area contributed by atoms with Gasteiger partial charge in [0, 0.05) is 43.3 Å². The summed E-state index contributed by atoms with van der Waals surface area (Å²) in [6.07, 6.45) is 1.19. The first-order chi connectivity index (χ1) is 20.6. The second-order valence-corrected chi connectivity index (χ2v) is 13.2. The largest absolute Gasteiger partial charge is 0.493 e. The average Bonchev–Trinajstić information content (AvgIpc) is 2.92. The lowest BCUT2D eigenvalue weighted by molar-refractivity contribution is -0.160. The number of pyridine rings is 1. The smallest absolute Gasteiger partial charge is 0.337 e. The molecule has 1 saturated heterocycles. The first-order valence-corrected chi connectivity index (χ1v) is 15.1. The molecule has 1 amide bonds. The quantitative estimate of drug-likeness (QED) is 0.249. The Bertz CT molecular complexity index is 1470. The molecule has 0 saturated carbocycles. The van der Waals surface area contributed by atoms with Gasteiger partial charge in [-0.25, -0.2) is 14.2 Å². The van der Waals surface area contributed by atoms with Crippen molar-refractivity contribution in [3.05, 3.63) is 71.2 Å². The Morgan fingerprint density at radius 1 is 1.07 bits per heavy atom. The predicted octanol–water partition coefficient (Wildman–Crippen LogP) is 7.34. The molecule has 2 N–H and O–H groups in total. The molecule has 0 bridgehead atoms. The fraction of sp³-hybridized carbons (Fsp3) is 0.457. The van der Waals surface area contributed by atoms with Crippen molar-refractivity contribution in [3.8, 4) is 16.9 Å². The van der Waals surface area contributed by atoms with E-state index in [4.69, 9.17) is 14.5 Å². The summed E-state index contributed by atoms with van der Waals surface area (Å²) in [5.41, 5.74) is 3.46.